The van der Waals surface area contributed by atoms with Crippen LogP contribution in [0.25, 0.3) is 0 Å². The van der Waals surface area contributed by atoms with Crippen LogP contribution in [-0.2, 0) is 15.1 Å². The van der Waals surface area contributed by atoms with Gasteiger partial charge in [0, 0.05) is 16.5 Å². The summed E-state index contributed by atoms with van der Waals surface area (Å²) in [4.78, 5) is 23.0. The number of rotatable bonds is 0. The number of amides is 2. The van der Waals surface area contributed by atoms with Crippen molar-refractivity contribution in [1.82, 2.24) is 5.32 Å². The lowest BCUT2D eigenvalue weighted by molar-refractivity contribution is -0.133. The number of benzene rings is 1. The molecule has 1 heterocycles. The predicted octanol–water partition coefficient (Wildman–Crippen LogP) is 1.35. The molecule has 2 N–H and O–H groups in total. The molecule has 6 heteroatoms. The fraction of sp³-hybridized carbons (Fsp3) is 0.273. The molecule has 17 heavy (non-hydrogen) atoms. The third-order valence-corrected chi connectivity index (χ3v) is 3.63. The van der Waals surface area contributed by atoms with Gasteiger partial charge in [0.15, 0.2) is 0 Å². The number of aliphatic hydroxyl groups is 1. The molecule has 0 aromatic heterocycles. The van der Waals surface area contributed by atoms with Gasteiger partial charge >= 0.3 is 6.09 Å². The van der Waals surface area contributed by atoms with Crippen LogP contribution in [0.2, 0.25) is 0 Å². The highest BCUT2D eigenvalue weighted by molar-refractivity contribution is 9.10. The number of ether oxygens (including phenoxy) is 1. The Morgan fingerprint density at radius 1 is 1.47 bits per heavy atom. The van der Waals surface area contributed by atoms with E-state index in [1.54, 1.807) is 18.2 Å². The summed E-state index contributed by atoms with van der Waals surface area (Å²) >= 11 is 3.30. The van der Waals surface area contributed by atoms with Crippen LogP contribution in [0.4, 0.5) is 4.79 Å². The number of hydrogen-bond acceptors (Lipinski definition) is 4. The molecule has 88 valence electrons. The average molecular weight is 298 g/mol. The number of halogens is 1. The van der Waals surface area contributed by atoms with Crippen molar-refractivity contribution >= 4 is 27.9 Å². The summed E-state index contributed by atoms with van der Waals surface area (Å²) < 4.78 is 5.89. The summed E-state index contributed by atoms with van der Waals surface area (Å²) in [5, 5.41) is 12.0. The SMILES string of the molecule is O=C1NC(=O)[C@@]2(CC(O)c3cc(Br)ccc32)O1. The Morgan fingerprint density at radius 3 is 2.88 bits per heavy atom. The van der Waals surface area contributed by atoms with E-state index in [2.05, 4.69) is 21.2 Å². The van der Waals surface area contributed by atoms with Gasteiger partial charge in [-0.1, -0.05) is 22.0 Å². The highest BCUT2D eigenvalue weighted by Gasteiger charge is 2.56. The second-order valence-corrected chi connectivity index (χ2v) is 5.04. The summed E-state index contributed by atoms with van der Waals surface area (Å²) in [6, 6.07) is 5.17. The van der Waals surface area contributed by atoms with Crippen LogP contribution in [0, 0.1) is 0 Å². The van der Waals surface area contributed by atoms with E-state index >= 15 is 0 Å². The number of aliphatic hydroxyl groups excluding tert-OH is 1. The predicted molar refractivity (Wildman–Crippen MR) is 60.0 cm³/mol. The molecule has 1 spiro atoms. The van der Waals surface area contributed by atoms with Crippen LogP contribution in [0.5, 0.6) is 0 Å². The van der Waals surface area contributed by atoms with E-state index in [0.717, 1.165) is 4.47 Å². The number of nitrogens with one attached hydrogen (secondary N) is 1. The summed E-state index contributed by atoms with van der Waals surface area (Å²) in [6.07, 6.45) is -1.51. The van der Waals surface area contributed by atoms with Crippen molar-refractivity contribution in [2.75, 3.05) is 0 Å². The molecule has 1 aliphatic heterocycles. The van der Waals surface area contributed by atoms with Crippen molar-refractivity contribution in [3.63, 3.8) is 0 Å². The van der Waals surface area contributed by atoms with E-state index in [1.807, 2.05) is 0 Å². The summed E-state index contributed by atoms with van der Waals surface area (Å²) in [7, 11) is 0. The zero-order valence-electron chi connectivity index (χ0n) is 8.57. The van der Waals surface area contributed by atoms with Crippen LogP contribution in [0.15, 0.2) is 22.7 Å². The van der Waals surface area contributed by atoms with Gasteiger partial charge in [-0.15, -0.1) is 0 Å². The minimum absolute atomic E-state index is 0.0658. The van der Waals surface area contributed by atoms with Gasteiger partial charge in [-0.25, -0.2) is 4.79 Å². The fourth-order valence-electron chi connectivity index (χ4n) is 2.40. The Morgan fingerprint density at radius 2 is 2.24 bits per heavy atom. The molecule has 1 aliphatic carbocycles. The summed E-state index contributed by atoms with van der Waals surface area (Å²) in [6.45, 7) is 0. The molecule has 1 fully saturated rings. The molecule has 1 saturated heterocycles. The lowest BCUT2D eigenvalue weighted by atomic mass is 9.95. The monoisotopic (exact) mass is 297 g/mol. The first-order chi connectivity index (χ1) is 8.03. The maximum atomic E-state index is 11.8. The highest BCUT2D eigenvalue weighted by Crippen LogP contribution is 2.48. The first-order valence-electron chi connectivity index (χ1n) is 5.05. The van der Waals surface area contributed by atoms with Crippen molar-refractivity contribution in [1.29, 1.82) is 0 Å². The Hall–Kier alpha value is -1.40. The quantitative estimate of drug-likeness (QED) is 0.758. The van der Waals surface area contributed by atoms with Gasteiger partial charge in [0.2, 0.25) is 5.60 Å². The second-order valence-electron chi connectivity index (χ2n) is 4.12. The van der Waals surface area contributed by atoms with Crippen molar-refractivity contribution in [2.24, 2.45) is 0 Å². The Balaban J connectivity index is 2.19. The van der Waals surface area contributed by atoms with E-state index in [1.165, 1.54) is 0 Å². The maximum absolute atomic E-state index is 11.8. The molecule has 5 nitrogen and oxygen atoms in total. The van der Waals surface area contributed by atoms with E-state index in [4.69, 9.17) is 4.74 Å². The third kappa shape index (κ3) is 1.34. The molecule has 2 atom stereocenters. The average Bonchev–Trinajstić information content (AvgIpc) is 2.67. The lowest BCUT2D eigenvalue weighted by Gasteiger charge is -2.19. The second kappa shape index (κ2) is 3.30. The lowest BCUT2D eigenvalue weighted by Crippen LogP contribution is -2.34. The van der Waals surface area contributed by atoms with Gasteiger partial charge < -0.3 is 9.84 Å². The Bertz CT molecular complexity index is 544. The number of hydrogen-bond donors (Lipinski definition) is 2. The Labute approximate surface area is 105 Å². The van der Waals surface area contributed by atoms with Crippen LogP contribution < -0.4 is 5.32 Å². The molecule has 2 aliphatic rings. The molecule has 0 saturated carbocycles. The standard InChI is InChI=1S/C11H8BrNO4/c12-5-1-2-7-6(3-5)8(14)4-11(7)9(15)13-10(16)17-11/h1-3,8,14H,4H2,(H,13,15,16)/t8?,11-/m0/s1. The van der Waals surface area contributed by atoms with Gasteiger partial charge in [-0.3, -0.25) is 10.1 Å². The number of imide groups is 1. The van der Waals surface area contributed by atoms with Gasteiger partial charge in [0.1, 0.15) is 0 Å². The molecule has 1 aromatic carbocycles. The smallest absolute Gasteiger partial charge is 0.415 e. The third-order valence-electron chi connectivity index (χ3n) is 3.14. The van der Waals surface area contributed by atoms with Gasteiger partial charge in [0.25, 0.3) is 5.91 Å². The summed E-state index contributed by atoms with van der Waals surface area (Å²) in [5.74, 6) is -0.511. The largest absolute Gasteiger partial charge is 0.427 e. The van der Waals surface area contributed by atoms with E-state index < -0.39 is 23.7 Å². The molecule has 3 rings (SSSR count). The number of fused-ring (bicyclic) bond motifs is 2. The van der Waals surface area contributed by atoms with E-state index in [9.17, 15) is 14.7 Å². The number of carbonyl (C=O) groups excluding carboxylic acids is 2. The molecule has 2 amide bonds. The van der Waals surface area contributed by atoms with Crippen LogP contribution in [0.3, 0.4) is 0 Å². The van der Waals surface area contributed by atoms with Crippen molar-refractivity contribution < 1.29 is 19.4 Å². The minimum atomic E-state index is -1.35. The minimum Gasteiger partial charge on any atom is -0.427 e. The fourth-order valence-corrected chi connectivity index (χ4v) is 2.78. The van der Waals surface area contributed by atoms with E-state index in [-0.39, 0.29) is 6.42 Å². The highest BCUT2D eigenvalue weighted by atomic mass is 79.9. The van der Waals surface area contributed by atoms with Gasteiger partial charge in [-0.05, 0) is 17.7 Å². The number of carbonyl (C=O) groups is 2. The van der Waals surface area contributed by atoms with Crippen molar-refractivity contribution in [3.05, 3.63) is 33.8 Å². The van der Waals surface area contributed by atoms with E-state index in [0.29, 0.717) is 11.1 Å². The number of alkyl carbamates (subject to hydrolysis) is 1. The van der Waals surface area contributed by atoms with Crippen molar-refractivity contribution in [3.8, 4) is 0 Å². The molecule has 0 bridgehead atoms. The van der Waals surface area contributed by atoms with Gasteiger partial charge in [-0.2, -0.15) is 0 Å². The molecular formula is C11H8BrNO4. The zero-order chi connectivity index (χ0) is 12.2. The molecule has 1 unspecified atom stereocenters. The van der Waals surface area contributed by atoms with Crippen molar-refractivity contribution in [2.45, 2.75) is 18.1 Å². The first kappa shape index (κ1) is 10.7. The normalized spacial score (nSPS) is 30.4. The maximum Gasteiger partial charge on any atom is 0.415 e. The molecule has 0 radical (unpaired) electrons. The van der Waals surface area contributed by atoms with Gasteiger partial charge in [0.05, 0.1) is 6.10 Å². The zero-order valence-corrected chi connectivity index (χ0v) is 10.2. The molecular weight excluding hydrogens is 290 g/mol. The first-order valence-corrected chi connectivity index (χ1v) is 5.85. The topological polar surface area (TPSA) is 75.6 Å². The molecule has 1 aromatic rings. The van der Waals surface area contributed by atoms with Crippen LogP contribution in [-0.4, -0.2) is 17.1 Å². The van der Waals surface area contributed by atoms with Crippen LogP contribution in [0.1, 0.15) is 23.7 Å². The van der Waals surface area contributed by atoms with Crippen LogP contribution >= 0.6 is 15.9 Å². The summed E-state index contributed by atoms with van der Waals surface area (Å²) in [5.41, 5.74) is -0.187. The Kier molecular flexibility index (Phi) is 2.08.